The van der Waals surface area contributed by atoms with Crippen molar-refractivity contribution in [1.82, 2.24) is 5.32 Å². The van der Waals surface area contributed by atoms with Crippen LogP contribution in [0, 0.1) is 5.41 Å². The second-order valence-electron chi connectivity index (χ2n) is 7.05. The summed E-state index contributed by atoms with van der Waals surface area (Å²) in [6.45, 7) is 1.01. The van der Waals surface area contributed by atoms with Crippen molar-refractivity contribution < 1.29 is 9.59 Å². The Morgan fingerprint density at radius 3 is 2.58 bits per heavy atom. The maximum Gasteiger partial charge on any atom is 0.242 e. The summed E-state index contributed by atoms with van der Waals surface area (Å²) in [6.07, 6.45) is 3.13. The van der Waals surface area contributed by atoms with E-state index in [0.717, 1.165) is 24.1 Å². The molecule has 0 spiro atoms. The molecule has 134 valence electrons. The van der Waals surface area contributed by atoms with Gasteiger partial charge in [-0.15, -0.1) is 0 Å². The Hall–Kier alpha value is -2.33. The highest BCUT2D eigenvalue weighted by atomic mass is 35.5. The van der Waals surface area contributed by atoms with Crippen molar-refractivity contribution in [3.63, 3.8) is 0 Å². The Morgan fingerprint density at radius 2 is 1.81 bits per heavy atom. The van der Waals surface area contributed by atoms with Crippen molar-refractivity contribution in [1.29, 1.82) is 0 Å². The Bertz CT molecular complexity index is 861. The number of hydrogen-bond acceptors (Lipinski definition) is 2. The third kappa shape index (κ3) is 2.99. The first kappa shape index (κ1) is 17.1. The lowest BCUT2D eigenvalue weighted by atomic mass is 9.97. The molecule has 0 bridgehead atoms. The van der Waals surface area contributed by atoms with Crippen LogP contribution in [0.25, 0.3) is 0 Å². The van der Waals surface area contributed by atoms with Crippen molar-refractivity contribution in [3.05, 3.63) is 64.7 Å². The summed E-state index contributed by atoms with van der Waals surface area (Å²) in [6, 6.07) is 15.4. The molecular formula is C21H21ClN2O2. The summed E-state index contributed by atoms with van der Waals surface area (Å²) in [5.41, 5.74) is 2.08. The maximum atomic E-state index is 13.2. The second-order valence-corrected chi connectivity index (χ2v) is 7.45. The summed E-state index contributed by atoms with van der Waals surface area (Å²) >= 11 is 6.15. The average molecular weight is 369 g/mol. The zero-order valence-electron chi connectivity index (χ0n) is 14.5. The number of hydrogen-bond donors (Lipinski definition) is 1. The van der Waals surface area contributed by atoms with E-state index in [9.17, 15) is 9.59 Å². The highest BCUT2D eigenvalue weighted by Crippen LogP contribution is 2.49. The van der Waals surface area contributed by atoms with E-state index in [4.69, 9.17) is 11.6 Å². The number of amides is 2. The van der Waals surface area contributed by atoms with Gasteiger partial charge in [0.2, 0.25) is 11.8 Å². The van der Waals surface area contributed by atoms with E-state index in [1.807, 2.05) is 36.4 Å². The molecule has 2 aliphatic rings. The van der Waals surface area contributed by atoms with Gasteiger partial charge in [-0.1, -0.05) is 48.0 Å². The summed E-state index contributed by atoms with van der Waals surface area (Å²) in [5, 5.41) is 3.54. The van der Waals surface area contributed by atoms with E-state index in [2.05, 4.69) is 11.4 Å². The van der Waals surface area contributed by atoms with Crippen LogP contribution in [0.3, 0.4) is 0 Å². The molecule has 26 heavy (non-hydrogen) atoms. The number of aryl methyl sites for hydroxylation is 1. The highest BCUT2D eigenvalue weighted by Gasteiger charge is 2.58. The lowest BCUT2D eigenvalue weighted by Gasteiger charge is -2.32. The molecule has 2 aromatic rings. The minimum Gasteiger partial charge on any atom is -0.351 e. The molecule has 2 amide bonds. The molecule has 1 saturated carbocycles. The molecule has 1 N–H and O–H groups in total. The largest absolute Gasteiger partial charge is 0.351 e. The lowest BCUT2D eigenvalue weighted by molar-refractivity contribution is -0.135. The van der Waals surface area contributed by atoms with Crippen molar-refractivity contribution in [3.8, 4) is 0 Å². The minimum absolute atomic E-state index is 0.0682. The van der Waals surface area contributed by atoms with Crippen LogP contribution in [0.1, 0.15) is 30.4 Å². The smallest absolute Gasteiger partial charge is 0.242 e. The van der Waals surface area contributed by atoms with E-state index in [1.165, 1.54) is 5.56 Å². The fourth-order valence-corrected chi connectivity index (χ4v) is 3.85. The molecule has 0 atom stereocenters. The number of anilines is 1. The normalized spacial score (nSPS) is 17.3. The van der Waals surface area contributed by atoms with E-state index in [-0.39, 0.29) is 11.8 Å². The maximum absolute atomic E-state index is 13.2. The van der Waals surface area contributed by atoms with Crippen LogP contribution < -0.4 is 10.2 Å². The summed E-state index contributed by atoms with van der Waals surface area (Å²) < 4.78 is 0. The molecule has 0 aromatic heterocycles. The van der Waals surface area contributed by atoms with Gasteiger partial charge in [-0.3, -0.25) is 9.59 Å². The van der Waals surface area contributed by atoms with Gasteiger partial charge in [-0.2, -0.15) is 0 Å². The van der Waals surface area contributed by atoms with Gasteiger partial charge < -0.3 is 10.2 Å². The monoisotopic (exact) mass is 368 g/mol. The van der Waals surface area contributed by atoms with Crippen LogP contribution >= 0.6 is 11.6 Å². The Balaban J connectivity index is 1.50. The number of benzene rings is 2. The zero-order valence-corrected chi connectivity index (χ0v) is 15.3. The molecule has 0 unspecified atom stereocenters. The number of fused-ring (bicyclic) bond motifs is 1. The predicted octanol–water partition coefficient (Wildman–Crippen LogP) is 3.72. The van der Waals surface area contributed by atoms with Gasteiger partial charge in [-0.25, -0.2) is 0 Å². The van der Waals surface area contributed by atoms with Crippen LogP contribution in [0.15, 0.2) is 48.5 Å². The number of rotatable bonds is 4. The van der Waals surface area contributed by atoms with E-state index in [0.29, 0.717) is 31.0 Å². The summed E-state index contributed by atoms with van der Waals surface area (Å²) in [7, 11) is 0. The molecule has 1 aliphatic heterocycles. The van der Waals surface area contributed by atoms with Crippen molar-refractivity contribution in [2.45, 2.75) is 32.2 Å². The molecule has 4 rings (SSSR count). The Morgan fingerprint density at radius 1 is 1.08 bits per heavy atom. The predicted molar refractivity (Wildman–Crippen MR) is 102 cm³/mol. The second kappa shape index (κ2) is 6.76. The molecule has 1 aliphatic carbocycles. The fraction of sp³-hybridized carbons (Fsp3) is 0.333. The lowest BCUT2D eigenvalue weighted by Crippen LogP contribution is -2.47. The van der Waals surface area contributed by atoms with E-state index < -0.39 is 5.41 Å². The van der Waals surface area contributed by atoms with Gasteiger partial charge in [0.15, 0.2) is 0 Å². The number of carbonyl (C=O) groups excluding carboxylic acids is 2. The van der Waals surface area contributed by atoms with Gasteiger partial charge in [0.05, 0.1) is 0 Å². The van der Waals surface area contributed by atoms with Gasteiger partial charge in [-0.05, 0) is 48.9 Å². The molecule has 4 nitrogen and oxygen atoms in total. The van der Waals surface area contributed by atoms with Crippen LogP contribution in [0.4, 0.5) is 5.69 Å². The average Bonchev–Trinajstić information content (AvgIpc) is 3.48. The fourth-order valence-electron chi connectivity index (χ4n) is 3.65. The Kier molecular flexibility index (Phi) is 4.45. The number of para-hydroxylation sites is 1. The van der Waals surface area contributed by atoms with Crippen molar-refractivity contribution in [2.24, 2.45) is 5.41 Å². The molecule has 5 heteroatoms. The van der Waals surface area contributed by atoms with Gasteiger partial charge >= 0.3 is 0 Å². The molecule has 0 radical (unpaired) electrons. The first-order valence-electron chi connectivity index (χ1n) is 9.03. The van der Waals surface area contributed by atoms with Crippen molar-refractivity contribution in [2.75, 3.05) is 11.4 Å². The van der Waals surface area contributed by atoms with Crippen LogP contribution in [-0.2, 0) is 22.6 Å². The van der Waals surface area contributed by atoms with Crippen LogP contribution in [0.2, 0.25) is 5.02 Å². The van der Waals surface area contributed by atoms with Gasteiger partial charge in [0.25, 0.3) is 0 Å². The van der Waals surface area contributed by atoms with Crippen LogP contribution in [-0.4, -0.2) is 18.4 Å². The summed E-state index contributed by atoms with van der Waals surface area (Å²) in [5.74, 6) is -0.258. The molecule has 2 aromatic carbocycles. The third-order valence-corrected chi connectivity index (χ3v) is 5.72. The van der Waals surface area contributed by atoms with Gasteiger partial charge in [0, 0.05) is 23.8 Å². The quantitative estimate of drug-likeness (QED) is 0.836. The topological polar surface area (TPSA) is 49.4 Å². The first-order valence-corrected chi connectivity index (χ1v) is 9.41. The number of nitrogens with zero attached hydrogens (tertiary/aromatic N) is 1. The summed E-state index contributed by atoms with van der Waals surface area (Å²) in [4.78, 5) is 27.8. The molecular weight excluding hydrogens is 348 g/mol. The molecule has 0 saturated heterocycles. The van der Waals surface area contributed by atoms with E-state index >= 15 is 0 Å². The molecule has 1 heterocycles. The van der Waals surface area contributed by atoms with E-state index in [1.54, 1.807) is 11.0 Å². The molecule has 1 fully saturated rings. The highest BCUT2D eigenvalue weighted by molar-refractivity contribution is 6.31. The van der Waals surface area contributed by atoms with Crippen LogP contribution in [0.5, 0.6) is 0 Å². The number of carbonyl (C=O) groups is 2. The standard InChI is InChI=1S/C21H21ClN2O2/c22-17-9-3-1-7-16(17)14-23-19(25)21(11-12-21)20(26)24-13-5-8-15-6-2-4-10-18(15)24/h1-4,6-7,9-10H,5,8,11-14H2,(H,23,25). The number of halogens is 1. The zero-order chi connectivity index (χ0) is 18.1. The van der Waals surface area contributed by atoms with Gasteiger partial charge in [0.1, 0.15) is 5.41 Å². The number of nitrogens with one attached hydrogen (secondary N) is 1. The first-order chi connectivity index (χ1) is 12.6. The Labute approximate surface area is 158 Å². The third-order valence-electron chi connectivity index (χ3n) is 5.35. The van der Waals surface area contributed by atoms with Crippen molar-refractivity contribution >= 4 is 29.1 Å². The SMILES string of the molecule is O=C(NCc1ccccc1Cl)C1(C(=O)N2CCCc3ccccc32)CC1. The minimum atomic E-state index is -0.911.